The van der Waals surface area contributed by atoms with Crippen LogP contribution in [0.4, 0.5) is 0 Å². The van der Waals surface area contributed by atoms with E-state index in [-0.39, 0.29) is 30.8 Å². The highest BCUT2D eigenvalue weighted by atomic mass is 16.2. The Morgan fingerprint density at radius 3 is 2.31 bits per heavy atom. The Hall–Kier alpha value is -3.18. The van der Waals surface area contributed by atoms with Crippen molar-refractivity contribution in [1.82, 2.24) is 15.5 Å². The van der Waals surface area contributed by atoms with Crippen molar-refractivity contribution in [1.29, 1.82) is 0 Å². The van der Waals surface area contributed by atoms with E-state index in [2.05, 4.69) is 10.6 Å². The van der Waals surface area contributed by atoms with E-state index < -0.39 is 0 Å². The Balaban J connectivity index is 1.57. The quantitative estimate of drug-likeness (QED) is 0.623. The van der Waals surface area contributed by atoms with Crippen molar-refractivity contribution >= 4 is 22.6 Å². The molecular formula is C24H27N3O2. The molecule has 0 saturated heterocycles. The molecular weight excluding hydrogens is 362 g/mol. The number of carbonyl (C=O) groups excluding carboxylic acids is 2. The van der Waals surface area contributed by atoms with Crippen molar-refractivity contribution in [3.05, 3.63) is 83.9 Å². The van der Waals surface area contributed by atoms with Crippen molar-refractivity contribution in [2.24, 2.45) is 0 Å². The first-order valence-corrected chi connectivity index (χ1v) is 9.75. The van der Waals surface area contributed by atoms with Crippen LogP contribution in [0.3, 0.4) is 0 Å². The predicted octanol–water partition coefficient (Wildman–Crippen LogP) is 2.92. The maximum Gasteiger partial charge on any atom is 0.239 e. The lowest BCUT2D eigenvalue weighted by Gasteiger charge is -2.23. The molecule has 0 saturated carbocycles. The van der Waals surface area contributed by atoms with Crippen LogP contribution in [0.5, 0.6) is 0 Å². The predicted molar refractivity (Wildman–Crippen MR) is 117 cm³/mol. The van der Waals surface area contributed by atoms with Gasteiger partial charge in [-0.25, -0.2) is 0 Å². The van der Waals surface area contributed by atoms with E-state index in [4.69, 9.17) is 0 Å². The Labute approximate surface area is 171 Å². The third kappa shape index (κ3) is 5.90. The van der Waals surface area contributed by atoms with Gasteiger partial charge in [0.25, 0.3) is 0 Å². The van der Waals surface area contributed by atoms with Crippen molar-refractivity contribution < 1.29 is 9.59 Å². The molecule has 5 nitrogen and oxygen atoms in total. The summed E-state index contributed by atoms with van der Waals surface area (Å²) in [7, 11) is 3.93. The van der Waals surface area contributed by atoms with Crippen LogP contribution in [0.1, 0.15) is 17.2 Å². The van der Waals surface area contributed by atoms with Gasteiger partial charge in [0.1, 0.15) is 0 Å². The van der Waals surface area contributed by atoms with E-state index in [1.54, 1.807) is 0 Å². The molecule has 0 aliphatic heterocycles. The average molecular weight is 389 g/mol. The topological polar surface area (TPSA) is 61.4 Å². The summed E-state index contributed by atoms with van der Waals surface area (Å²) in [4.78, 5) is 26.9. The van der Waals surface area contributed by atoms with E-state index in [0.717, 1.165) is 21.9 Å². The molecule has 2 amide bonds. The summed E-state index contributed by atoms with van der Waals surface area (Å²) in [6.07, 6.45) is 0.244. The number of rotatable bonds is 8. The second kappa shape index (κ2) is 9.85. The van der Waals surface area contributed by atoms with Crippen LogP contribution in [-0.2, 0) is 16.0 Å². The van der Waals surface area contributed by atoms with Crippen molar-refractivity contribution in [3.63, 3.8) is 0 Å². The van der Waals surface area contributed by atoms with Gasteiger partial charge in [-0.2, -0.15) is 0 Å². The minimum Gasteiger partial charge on any atom is -0.347 e. The van der Waals surface area contributed by atoms with Crippen LogP contribution in [0.2, 0.25) is 0 Å². The van der Waals surface area contributed by atoms with Crippen molar-refractivity contribution in [3.8, 4) is 0 Å². The summed E-state index contributed by atoms with van der Waals surface area (Å²) in [6, 6.07) is 23.6. The third-order valence-electron chi connectivity index (χ3n) is 4.76. The smallest absolute Gasteiger partial charge is 0.239 e. The highest BCUT2D eigenvalue weighted by molar-refractivity contribution is 5.91. The number of carbonyl (C=O) groups is 2. The van der Waals surface area contributed by atoms with E-state index in [1.807, 2.05) is 91.8 Å². The first-order valence-electron chi connectivity index (χ1n) is 9.75. The van der Waals surface area contributed by atoms with Crippen molar-refractivity contribution in [2.75, 3.05) is 27.2 Å². The Kier molecular flexibility index (Phi) is 6.98. The molecule has 3 aromatic carbocycles. The normalized spacial score (nSPS) is 12.0. The fourth-order valence-corrected chi connectivity index (χ4v) is 3.39. The Morgan fingerprint density at radius 1 is 0.862 bits per heavy atom. The maximum atomic E-state index is 12.4. The largest absolute Gasteiger partial charge is 0.347 e. The molecule has 0 aliphatic rings. The van der Waals surface area contributed by atoms with Crippen LogP contribution in [-0.4, -0.2) is 43.9 Å². The number of fused-ring (bicyclic) bond motifs is 1. The van der Waals surface area contributed by atoms with Gasteiger partial charge in [-0.05, 0) is 36.0 Å². The molecule has 0 spiro atoms. The molecule has 29 heavy (non-hydrogen) atoms. The van der Waals surface area contributed by atoms with Gasteiger partial charge in [-0.3, -0.25) is 9.59 Å². The zero-order chi connectivity index (χ0) is 20.6. The molecule has 0 heterocycles. The molecule has 0 bridgehead atoms. The van der Waals surface area contributed by atoms with Gasteiger partial charge in [0, 0.05) is 6.54 Å². The molecule has 3 rings (SSSR count). The summed E-state index contributed by atoms with van der Waals surface area (Å²) in [6.45, 7) is 0.639. The second-order valence-electron chi connectivity index (χ2n) is 7.38. The molecule has 0 fully saturated rings. The van der Waals surface area contributed by atoms with Gasteiger partial charge < -0.3 is 15.5 Å². The standard InChI is InChI=1S/C24H27N3O2/c1-27(2)17-22(19-10-4-3-5-11-19)26-24(29)16-25-23(28)15-20-13-8-12-18-9-6-7-14-21(18)20/h3-14,22H,15-17H2,1-2H3,(H,25,28)(H,26,29)/t22-/m1/s1. The molecule has 5 heteroatoms. The number of likely N-dealkylation sites (N-methyl/N-ethyl adjacent to an activating group) is 1. The minimum absolute atomic E-state index is 0.0413. The van der Waals surface area contributed by atoms with Crippen LogP contribution < -0.4 is 10.6 Å². The van der Waals surface area contributed by atoms with Gasteiger partial charge in [0.05, 0.1) is 19.0 Å². The molecule has 2 N–H and O–H groups in total. The fraction of sp³-hybridized carbons (Fsp3) is 0.250. The minimum atomic E-state index is -0.202. The summed E-state index contributed by atoms with van der Waals surface area (Å²) >= 11 is 0. The first-order chi connectivity index (χ1) is 14.0. The van der Waals surface area contributed by atoms with Gasteiger partial charge in [-0.1, -0.05) is 72.8 Å². The van der Waals surface area contributed by atoms with Crippen LogP contribution in [0.25, 0.3) is 10.8 Å². The molecule has 1 atom stereocenters. The number of nitrogens with zero attached hydrogens (tertiary/aromatic N) is 1. The van der Waals surface area contributed by atoms with E-state index >= 15 is 0 Å². The highest BCUT2D eigenvalue weighted by Gasteiger charge is 2.16. The van der Waals surface area contributed by atoms with Gasteiger partial charge in [0.2, 0.25) is 11.8 Å². The third-order valence-corrected chi connectivity index (χ3v) is 4.76. The van der Waals surface area contributed by atoms with E-state index in [0.29, 0.717) is 6.54 Å². The highest BCUT2D eigenvalue weighted by Crippen LogP contribution is 2.18. The first kappa shape index (κ1) is 20.6. The van der Waals surface area contributed by atoms with E-state index in [1.165, 1.54) is 0 Å². The summed E-state index contributed by atoms with van der Waals surface area (Å²) in [5.74, 6) is -0.368. The number of amides is 2. The monoisotopic (exact) mass is 389 g/mol. The lowest BCUT2D eigenvalue weighted by molar-refractivity contribution is -0.126. The zero-order valence-corrected chi connectivity index (χ0v) is 16.9. The van der Waals surface area contributed by atoms with Gasteiger partial charge in [0.15, 0.2) is 0 Å². The van der Waals surface area contributed by atoms with E-state index in [9.17, 15) is 9.59 Å². The summed E-state index contributed by atoms with van der Waals surface area (Å²) in [5.41, 5.74) is 1.99. The van der Waals surface area contributed by atoms with Crippen LogP contribution in [0, 0.1) is 0 Å². The van der Waals surface area contributed by atoms with Gasteiger partial charge >= 0.3 is 0 Å². The number of benzene rings is 3. The number of hydrogen-bond acceptors (Lipinski definition) is 3. The molecule has 3 aromatic rings. The Bertz CT molecular complexity index is 965. The van der Waals surface area contributed by atoms with Crippen molar-refractivity contribution in [2.45, 2.75) is 12.5 Å². The second-order valence-corrected chi connectivity index (χ2v) is 7.38. The molecule has 0 aliphatic carbocycles. The lowest BCUT2D eigenvalue weighted by Crippen LogP contribution is -2.41. The van der Waals surface area contributed by atoms with Gasteiger partial charge in [-0.15, -0.1) is 0 Å². The maximum absolute atomic E-state index is 12.4. The fourth-order valence-electron chi connectivity index (χ4n) is 3.39. The molecule has 0 unspecified atom stereocenters. The molecule has 0 radical (unpaired) electrons. The lowest BCUT2D eigenvalue weighted by atomic mass is 10.0. The number of nitrogens with one attached hydrogen (secondary N) is 2. The van der Waals surface area contributed by atoms with Crippen LogP contribution in [0.15, 0.2) is 72.8 Å². The summed E-state index contributed by atoms with van der Waals surface area (Å²) < 4.78 is 0. The SMILES string of the molecule is CN(C)C[C@@H](NC(=O)CNC(=O)Cc1cccc2ccccc12)c1ccccc1. The molecule has 150 valence electrons. The number of hydrogen-bond donors (Lipinski definition) is 2. The molecule has 0 aromatic heterocycles. The Morgan fingerprint density at radius 2 is 1.55 bits per heavy atom. The summed E-state index contributed by atoms with van der Waals surface area (Å²) in [5, 5.41) is 7.92. The van der Waals surface area contributed by atoms with Crippen LogP contribution >= 0.6 is 0 Å². The zero-order valence-electron chi connectivity index (χ0n) is 16.9. The average Bonchev–Trinajstić information content (AvgIpc) is 2.72.